The van der Waals surface area contributed by atoms with Gasteiger partial charge in [0.1, 0.15) is 0 Å². The molecule has 0 N–H and O–H groups in total. The second-order valence-electron chi connectivity index (χ2n) is 4.00. The van der Waals surface area contributed by atoms with Crippen molar-refractivity contribution in [3.8, 4) is 0 Å². The zero-order chi connectivity index (χ0) is 9.97. The van der Waals surface area contributed by atoms with E-state index in [0.29, 0.717) is 6.10 Å². The Morgan fingerprint density at radius 2 is 1.93 bits per heavy atom. The molecular formula is C13H16O. The van der Waals surface area contributed by atoms with Crippen molar-refractivity contribution in [3.63, 3.8) is 0 Å². The first-order valence-electron chi connectivity index (χ1n) is 5.13. The van der Waals surface area contributed by atoms with Crippen molar-refractivity contribution in [2.24, 2.45) is 0 Å². The molecule has 1 nitrogen and oxygen atoms in total. The van der Waals surface area contributed by atoms with Gasteiger partial charge in [-0.25, -0.2) is 0 Å². The van der Waals surface area contributed by atoms with Crippen LogP contribution in [-0.2, 0) is 4.74 Å². The van der Waals surface area contributed by atoms with Crippen molar-refractivity contribution >= 4 is 0 Å². The summed E-state index contributed by atoms with van der Waals surface area (Å²) in [6.45, 7) is 6.17. The average Bonchev–Trinajstić information content (AvgIpc) is 2.18. The summed E-state index contributed by atoms with van der Waals surface area (Å²) in [5, 5.41) is 0. The molecule has 0 radical (unpaired) electrons. The Morgan fingerprint density at radius 3 is 2.57 bits per heavy atom. The molecule has 1 aromatic carbocycles. The minimum Gasteiger partial charge on any atom is -0.370 e. The van der Waals surface area contributed by atoms with Crippen LogP contribution < -0.4 is 0 Å². The second kappa shape index (κ2) is 3.97. The zero-order valence-electron chi connectivity index (χ0n) is 8.57. The molecule has 74 valence electrons. The largest absolute Gasteiger partial charge is 0.370 e. The molecular weight excluding hydrogens is 172 g/mol. The van der Waals surface area contributed by atoms with Gasteiger partial charge in [-0.1, -0.05) is 42.5 Å². The first kappa shape index (κ1) is 9.47. The number of hydrogen-bond donors (Lipinski definition) is 0. The van der Waals surface area contributed by atoms with E-state index in [0.717, 1.165) is 12.8 Å². The Balaban J connectivity index is 2.15. The molecule has 0 bridgehead atoms. The molecule has 1 saturated heterocycles. The Labute approximate surface area is 85.4 Å². The standard InChI is InChI=1S/C13H16O/c1-10-8-11(2)14-13(9-10)12-6-4-3-5-7-12/h3-7,11,13H,1,8-9H2,2H3/t11-,13+/m1/s1. The lowest BCUT2D eigenvalue weighted by Gasteiger charge is -2.29. The van der Waals surface area contributed by atoms with Crippen LogP contribution in [0.4, 0.5) is 0 Å². The van der Waals surface area contributed by atoms with E-state index in [9.17, 15) is 0 Å². The van der Waals surface area contributed by atoms with Gasteiger partial charge >= 0.3 is 0 Å². The molecule has 14 heavy (non-hydrogen) atoms. The van der Waals surface area contributed by atoms with Gasteiger partial charge in [0.2, 0.25) is 0 Å². The maximum absolute atomic E-state index is 5.88. The van der Waals surface area contributed by atoms with Crippen LogP contribution in [-0.4, -0.2) is 6.10 Å². The summed E-state index contributed by atoms with van der Waals surface area (Å²) in [7, 11) is 0. The second-order valence-corrected chi connectivity index (χ2v) is 4.00. The molecule has 0 saturated carbocycles. The van der Waals surface area contributed by atoms with Crippen molar-refractivity contribution < 1.29 is 4.74 Å². The van der Waals surface area contributed by atoms with Crippen LogP contribution in [0.15, 0.2) is 42.5 Å². The third-order valence-corrected chi connectivity index (χ3v) is 2.62. The molecule has 1 heteroatoms. The molecule has 2 rings (SSSR count). The summed E-state index contributed by atoms with van der Waals surface area (Å²) in [6, 6.07) is 10.4. The maximum atomic E-state index is 5.88. The van der Waals surface area contributed by atoms with E-state index in [1.807, 2.05) is 6.07 Å². The maximum Gasteiger partial charge on any atom is 0.0865 e. The highest BCUT2D eigenvalue weighted by Gasteiger charge is 2.22. The summed E-state index contributed by atoms with van der Waals surface area (Å²) >= 11 is 0. The number of hydrogen-bond acceptors (Lipinski definition) is 1. The van der Waals surface area contributed by atoms with E-state index < -0.39 is 0 Å². The van der Waals surface area contributed by atoms with Crippen molar-refractivity contribution in [2.75, 3.05) is 0 Å². The van der Waals surface area contributed by atoms with Gasteiger partial charge in [-0.2, -0.15) is 0 Å². The van der Waals surface area contributed by atoms with E-state index in [2.05, 4.69) is 37.8 Å². The van der Waals surface area contributed by atoms with Crippen LogP contribution in [0.25, 0.3) is 0 Å². The Hall–Kier alpha value is -1.08. The summed E-state index contributed by atoms with van der Waals surface area (Å²) in [5.41, 5.74) is 2.57. The molecule has 1 heterocycles. The molecule has 1 fully saturated rings. The quantitative estimate of drug-likeness (QED) is 0.613. The summed E-state index contributed by atoms with van der Waals surface area (Å²) in [6.07, 6.45) is 2.49. The lowest BCUT2D eigenvalue weighted by atomic mass is 9.95. The topological polar surface area (TPSA) is 9.23 Å². The first-order valence-corrected chi connectivity index (χ1v) is 5.13. The molecule has 0 unspecified atom stereocenters. The van der Waals surface area contributed by atoms with Crippen LogP contribution in [0.3, 0.4) is 0 Å². The van der Waals surface area contributed by atoms with Gasteiger partial charge in [-0.3, -0.25) is 0 Å². The highest BCUT2D eigenvalue weighted by Crippen LogP contribution is 2.33. The normalized spacial score (nSPS) is 27.6. The average molecular weight is 188 g/mol. The van der Waals surface area contributed by atoms with Crippen molar-refractivity contribution in [3.05, 3.63) is 48.0 Å². The van der Waals surface area contributed by atoms with Crippen LogP contribution in [0, 0.1) is 0 Å². The van der Waals surface area contributed by atoms with Gasteiger partial charge in [0, 0.05) is 0 Å². The molecule has 0 aromatic heterocycles. The van der Waals surface area contributed by atoms with E-state index in [1.54, 1.807) is 0 Å². The van der Waals surface area contributed by atoms with E-state index >= 15 is 0 Å². The van der Waals surface area contributed by atoms with E-state index in [-0.39, 0.29) is 6.10 Å². The number of ether oxygens (including phenoxy) is 1. The van der Waals surface area contributed by atoms with Gasteiger partial charge < -0.3 is 4.74 Å². The first-order chi connectivity index (χ1) is 6.75. The van der Waals surface area contributed by atoms with Gasteiger partial charge in [-0.05, 0) is 25.3 Å². The summed E-state index contributed by atoms with van der Waals surface area (Å²) in [4.78, 5) is 0. The smallest absolute Gasteiger partial charge is 0.0865 e. The zero-order valence-corrected chi connectivity index (χ0v) is 8.57. The SMILES string of the molecule is C=C1C[C@@H](C)O[C@H](c2ccccc2)C1. The minimum atomic E-state index is 0.215. The monoisotopic (exact) mass is 188 g/mol. The predicted molar refractivity (Wildman–Crippen MR) is 58.1 cm³/mol. The lowest BCUT2D eigenvalue weighted by Crippen LogP contribution is -2.20. The Bertz CT molecular complexity index is 315. The third-order valence-electron chi connectivity index (χ3n) is 2.62. The third kappa shape index (κ3) is 2.05. The minimum absolute atomic E-state index is 0.215. The van der Waals surface area contributed by atoms with Crippen LogP contribution in [0.2, 0.25) is 0 Å². The predicted octanol–water partition coefficient (Wildman–Crippen LogP) is 3.48. The molecule has 2 atom stereocenters. The van der Waals surface area contributed by atoms with Crippen LogP contribution in [0.1, 0.15) is 31.4 Å². The molecule has 1 aliphatic heterocycles. The van der Waals surface area contributed by atoms with Gasteiger partial charge in [-0.15, -0.1) is 0 Å². The molecule has 0 amide bonds. The van der Waals surface area contributed by atoms with E-state index in [1.165, 1.54) is 11.1 Å². The van der Waals surface area contributed by atoms with Gasteiger partial charge in [0.25, 0.3) is 0 Å². The fourth-order valence-corrected chi connectivity index (χ4v) is 1.99. The van der Waals surface area contributed by atoms with Crippen molar-refractivity contribution in [2.45, 2.75) is 32.0 Å². The Kier molecular flexibility index (Phi) is 2.69. The highest BCUT2D eigenvalue weighted by atomic mass is 16.5. The number of benzene rings is 1. The van der Waals surface area contributed by atoms with E-state index in [4.69, 9.17) is 4.74 Å². The van der Waals surface area contributed by atoms with Crippen LogP contribution in [0.5, 0.6) is 0 Å². The lowest BCUT2D eigenvalue weighted by molar-refractivity contribution is -0.0224. The van der Waals surface area contributed by atoms with Gasteiger partial charge in [0.05, 0.1) is 12.2 Å². The van der Waals surface area contributed by atoms with Crippen molar-refractivity contribution in [1.82, 2.24) is 0 Å². The van der Waals surface area contributed by atoms with Crippen LogP contribution >= 0.6 is 0 Å². The molecule has 0 aliphatic carbocycles. The molecule has 0 spiro atoms. The number of rotatable bonds is 1. The molecule has 1 aromatic rings. The highest BCUT2D eigenvalue weighted by molar-refractivity contribution is 5.20. The fourth-order valence-electron chi connectivity index (χ4n) is 1.99. The van der Waals surface area contributed by atoms with Gasteiger partial charge in [0.15, 0.2) is 0 Å². The molecule has 1 aliphatic rings. The summed E-state index contributed by atoms with van der Waals surface area (Å²) < 4.78 is 5.88. The Morgan fingerprint density at radius 1 is 1.21 bits per heavy atom. The van der Waals surface area contributed by atoms with Crippen molar-refractivity contribution in [1.29, 1.82) is 0 Å². The fraction of sp³-hybridized carbons (Fsp3) is 0.385. The summed E-state index contributed by atoms with van der Waals surface area (Å²) in [5.74, 6) is 0.